The number of carbonyl (C=O) groups is 2. The number of aromatic carboxylic acids is 1. The Balaban J connectivity index is 1.69. The minimum atomic E-state index is -0.910. The number of carboxylic acid groups (broad SMARTS) is 1. The summed E-state index contributed by atoms with van der Waals surface area (Å²) in [6.07, 6.45) is 5.26. The fourth-order valence-corrected chi connectivity index (χ4v) is 4.00. The van der Waals surface area contributed by atoms with Crippen molar-refractivity contribution in [2.24, 2.45) is 5.92 Å². The van der Waals surface area contributed by atoms with E-state index in [1.165, 1.54) is 7.11 Å². The number of esters is 1. The summed E-state index contributed by atoms with van der Waals surface area (Å²) in [5, 5.41) is 12.8. The number of hydrogen-bond acceptors (Lipinski definition) is 4. The van der Waals surface area contributed by atoms with Crippen LogP contribution in [0.1, 0.15) is 50.2 Å². The van der Waals surface area contributed by atoms with Gasteiger partial charge in [-0.25, -0.2) is 9.59 Å². The van der Waals surface area contributed by atoms with E-state index in [1.807, 2.05) is 18.2 Å². The predicted molar refractivity (Wildman–Crippen MR) is 97.5 cm³/mol. The van der Waals surface area contributed by atoms with Gasteiger partial charge in [-0.15, -0.1) is 0 Å². The fraction of sp³-hybridized carbons (Fsp3) is 0.238. The van der Waals surface area contributed by atoms with E-state index in [9.17, 15) is 14.7 Å². The lowest BCUT2D eigenvalue weighted by Gasteiger charge is -2.37. The molecule has 26 heavy (non-hydrogen) atoms. The molecule has 132 valence electrons. The molecule has 0 aromatic heterocycles. The Morgan fingerprint density at radius 1 is 1.12 bits per heavy atom. The van der Waals surface area contributed by atoms with E-state index in [2.05, 4.69) is 17.5 Å². The second-order valence-corrected chi connectivity index (χ2v) is 6.70. The van der Waals surface area contributed by atoms with Crippen molar-refractivity contribution in [2.75, 3.05) is 12.4 Å². The molecule has 5 nitrogen and oxygen atoms in total. The van der Waals surface area contributed by atoms with Crippen molar-refractivity contribution >= 4 is 17.6 Å². The molecule has 2 aliphatic rings. The Morgan fingerprint density at radius 3 is 2.54 bits per heavy atom. The van der Waals surface area contributed by atoms with E-state index < -0.39 is 5.97 Å². The molecule has 4 rings (SSSR count). The van der Waals surface area contributed by atoms with Crippen LogP contribution in [0.5, 0.6) is 0 Å². The van der Waals surface area contributed by atoms with E-state index in [0.29, 0.717) is 17.0 Å². The van der Waals surface area contributed by atoms with Crippen LogP contribution in [0.3, 0.4) is 0 Å². The van der Waals surface area contributed by atoms with Crippen molar-refractivity contribution in [3.05, 3.63) is 76.9 Å². The topological polar surface area (TPSA) is 75.6 Å². The summed E-state index contributed by atoms with van der Waals surface area (Å²) in [5.41, 5.74) is 3.94. The van der Waals surface area contributed by atoms with Gasteiger partial charge in [-0.05, 0) is 53.8 Å². The molecule has 1 aliphatic carbocycles. The monoisotopic (exact) mass is 349 g/mol. The van der Waals surface area contributed by atoms with Crippen molar-refractivity contribution in [3.8, 4) is 0 Å². The average molecular weight is 349 g/mol. The molecular formula is C21H19NO4. The Labute approximate surface area is 151 Å². The quantitative estimate of drug-likeness (QED) is 0.647. The van der Waals surface area contributed by atoms with Crippen LogP contribution in [0.2, 0.25) is 0 Å². The number of hydrogen-bond donors (Lipinski definition) is 2. The molecule has 0 spiro atoms. The van der Waals surface area contributed by atoms with Crippen LogP contribution in [0.15, 0.2) is 54.6 Å². The highest BCUT2D eigenvalue weighted by Crippen LogP contribution is 2.49. The van der Waals surface area contributed by atoms with Gasteiger partial charge in [0.2, 0.25) is 0 Å². The molecule has 0 radical (unpaired) electrons. The van der Waals surface area contributed by atoms with Gasteiger partial charge in [0.1, 0.15) is 0 Å². The largest absolute Gasteiger partial charge is 0.478 e. The third-order valence-corrected chi connectivity index (χ3v) is 5.30. The fourth-order valence-electron chi connectivity index (χ4n) is 4.00. The van der Waals surface area contributed by atoms with Gasteiger partial charge in [0, 0.05) is 11.6 Å². The highest BCUT2D eigenvalue weighted by Gasteiger charge is 2.38. The van der Waals surface area contributed by atoms with Crippen LogP contribution in [0.4, 0.5) is 5.69 Å². The second-order valence-electron chi connectivity index (χ2n) is 6.70. The summed E-state index contributed by atoms with van der Waals surface area (Å²) in [6, 6.07) is 12.8. The number of allylic oxidation sites excluding steroid dienone is 2. The molecule has 5 heteroatoms. The van der Waals surface area contributed by atoms with Crippen molar-refractivity contribution in [2.45, 2.75) is 18.4 Å². The van der Waals surface area contributed by atoms with Crippen LogP contribution < -0.4 is 5.32 Å². The van der Waals surface area contributed by atoms with Gasteiger partial charge < -0.3 is 15.2 Å². The van der Waals surface area contributed by atoms with Crippen LogP contribution in [-0.4, -0.2) is 24.2 Å². The number of nitrogens with one attached hydrogen (secondary N) is 1. The van der Waals surface area contributed by atoms with Gasteiger partial charge in [0.25, 0.3) is 0 Å². The molecular weight excluding hydrogens is 330 g/mol. The molecule has 0 unspecified atom stereocenters. The number of fused-ring (bicyclic) bond motifs is 3. The zero-order valence-corrected chi connectivity index (χ0v) is 14.3. The summed E-state index contributed by atoms with van der Waals surface area (Å²) in [6.45, 7) is 0. The maximum Gasteiger partial charge on any atom is 0.337 e. The van der Waals surface area contributed by atoms with Crippen molar-refractivity contribution in [1.29, 1.82) is 0 Å². The average Bonchev–Trinajstić information content (AvgIpc) is 3.16. The normalized spacial score (nSPS) is 22.9. The van der Waals surface area contributed by atoms with Crippen LogP contribution >= 0.6 is 0 Å². The zero-order valence-electron chi connectivity index (χ0n) is 14.3. The summed E-state index contributed by atoms with van der Waals surface area (Å²) in [7, 11) is 1.37. The maximum atomic E-state index is 11.6. The van der Waals surface area contributed by atoms with E-state index in [-0.39, 0.29) is 17.9 Å². The highest BCUT2D eigenvalue weighted by atomic mass is 16.5. The number of rotatable bonds is 3. The zero-order chi connectivity index (χ0) is 18.3. The van der Waals surface area contributed by atoms with Gasteiger partial charge >= 0.3 is 11.9 Å². The molecule has 0 saturated carbocycles. The summed E-state index contributed by atoms with van der Waals surface area (Å²) in [5.74, 6) is -0.752. The van der Waals surface area contributed by atoms with E-state index in [0.717, 1.165) is 23.2 Å². The van der Waals surface area contributed by atoms with E-state index >= 15 is 0 Å². The van der Waals surface area contributed by atoms with E-state index in [1.54, 1.807) is 24.3 Å². The molecule has 0 amide bonds. The first-order valence-electron chi connectivity index (χ1n) is 8.57. The molecule has 0 saturated heterocycles. The summed E-state index contributed by atoms with van der Waals surface area (Å²) >= 11 is 0. The second kappa shape index (κ2) is 6.33. The predicted octanol–water partition coefficient (Wildman–Crippen LogP) is 4.00. The minimum Gasteiger partial charge on any atom is -0.478 e. The molecule has 1 heterocycles. The number of carboxylic acids is 1. The van der Waals surface area contributed by atoms with Crippen molar-refractivity contribution in [3.63, 3.8) is 0 Å². The maximum absolute atomic E-state index is 11.6. The highest BCUT2D eigenvalue weighted by molar-refractivity contribution is 5.89. The minimum absolute atomic E-state index is 0.102. The molecule has 2 aromatic rings. The SMILES string of the molecule is COC(=O)c1ccc([C@@H]2Nc3ccc(C(=O)O)cc3[C@H]3C=CC[C@H]32)cc1. The first-order chi connectivity index (χ1) is 12.6. The Morgan fingerprint density at radius 2 is 1.85 bits per heavy atom. The number of methoxy groups -OCH3 is 1. The smallest absolute Gasteiger partial charge is 0.337 e. The number of ether oxygens (including phenoxy) is 1. The third-order valence-electron chi connectivity index (χ3n) is 5.30. The number of anilines is 1. The van der Waals surface area contributed by atoms with Crippen LogP contribution in [0, 0.1) is 5.92 Å². The van der Waals surface area contributed by atoms with Crippen molar-refractivity contribution < 1.29 is 19.4 Å². The lowest BCUT2D eigenvalue weighted by atomic mass is 9.76. The first-order valence-corrected chi connectivity index (χ1v) is 8.57. The van der Waals surface area contributed by atoms with Gasteiger partial charge in [0.05, 0.1) is 24.3 Å². The lowest BCUT2D eigenvalue weighted by molar-refractivity contribution is 0.0599. The molecule has 2 N–H and O–H groups in total. The molecule has 2 aromatic carbocycles. The molecule has 0 bridgehead atoms. The van der Waals surface area contributed by atoms with E-state index in [4.69, 9.17) is 4.74 Å². The van der Waals surface area contributed by atoms with Gasteiger partial charge in [-0.3, -0.25) is 0 Å². The first kappa shape index (κ1) is 16.4. The molecule has 3 atom stereocenters. The lowest BCUT2D eigenvalue weighted by Crippen LogP contribution is -2.29. The Bertz CT molecular complexity index is 901. The Hall–Kier alpha value is -3.08. The summed E-state index contributed by atoms with van der Waals surface area (Å²) < 4.78 is 4.76. The number of benzene rings is 2. The van der Waals surface area contributed by atoms with Crippen LogP contribution in [0.25, 0.3) is 0 Å². The Kier molecular flexibility index (Phi) is 3.99. The van der Waals surface area contributed by atoms with Gasteiger partial charge in [-0.1, -0.05) is 24.3 Å². The van der Waals surface area contributed by atoms with Crippen molar-refractivity contribution in [1.82, 2.24) is 0 Å². The standard InChI is InChI=1S/C21H19NO4/c1-26-21(25)13-7-5-12(6-8-13)19-16-4-2-3-15(16)17-11-14(20(23)24)9-10-18(17)22-19/h2-3,5-11,15-16,19,22H,4H2,1H3,(H,23,24)/t15-,16+,19-/m0/s1. The van der Waals surface area contributed by atoms with Gasteiger partial charge in [0.15, 0.2) is 0 Å². The molecule has 0 fully saturated rings. The third kappa shape index (κ3) is 2.65. The van der Waals surface area contributed by atoms with Crippen LogP contribution in [-0.2, 0) is 4.74 Å². The van der Waals surface area contributed by atoms with Gasteiger partial charge in [-0.2, -0.15) is 0 Å². The summed E-state index contributed by atoms with van der Waals surface area (Å²) in [4.78, 5) is 22.9. The number of carbonyl (C=O) groups excluding carboxylic acids is 1. The molecule has 1 aliphatic heterocycles.